The standard InChI is InChI=1S/C20H15F3N2O4S2/c21-20(22,23)13-3-1-4-14(10-13)29-16-7-6-12(11-24-16)9-15-18(28)25(19(30)31-15)8-2-5-17(26)27/h1,3-4,6-7,9-11H,2,5,8H2,(H,26,27). The molecule has 0 atom stereocenters. The lowest BCUT2D eigenvalue weighted by Crippen LogP contribution is -2.29. The van der Waals surface area contributed by atoms with Crippen molar-refractivity contribution in [1.29, 1.82) is 0 Å². The molecule has 3 rings (SSSR count). The zero-order valence-electron chi connectivity index (χ0n) is 15.8. The van der Waals surface area contributed by atoms with Crippen molar-refractivity contribution in [3.8, 4) is 11.6 Å². The molecule has 162 valence electrons. The van der Waals surface area contributed by atoms with Crippen LogP contribution in [-0.4, -0.2) is 37.7 Å². The Bertz CT molecular complexity index is 1040. The molecule has 1 fully saturated rings. The smallest absolute Gasteiger partial charge is 0.416 e. The summed E-state index contributed by atoms with van der Waals surface area (Å²) in [7, 11) is 0. The van der Waals surface area contributed by atoms with Crippen LogP contribution in [0.25, 0.3) is 6.08 Å². The maximum Gasteiger partial charge on any atom is 0.416 e. The molecule has 2 heterocycles. The van der Waals surface area contributed by atoms with Gasteiger partial charge in [0.25, 0.3) is 5.91 Å². The van der Waals surface area contributed by atoms with E-state index in [2.05, 4.69) is 4.98 Å². The van der Waals surface area contributed by atoms with E-state index in [-0.39, 0.29) is 36.9 Å². The van der Waals surface area contributed by atoms with Crippen LogP contribution in [0.5, 0.6) is 11.6 Å². The second-order valence-electron chi connectivity index (χ2n) is 6.39. The molecule has 31 heavy (non-hydrogen) atoms. The number of hydrogen-bond acceptors (Lipinski definition) is 6. The van der Waals surface area contributed by atoms with Crippen molar-refractivity contribution in [3.05, 3.63) is 58.6 Å². The predicted octanol–water partition coefficient (Wildman–Crippen LogP) is 4.96. The molecule has 1 saturated heterocycles. The number of alkyl halides is 3. The highest BCUT2D eigenvalue weighted by molar-refractivity contribution is 8.26. The minimum atomic E-state index is -4.48. The van der Waals surface area contributed by atoms with Gasteiger partial charge in [-0.2, -0.15) is 13.2 Å². The van der Waals surface area contributed by atoms with E-state index in [9.17, 15) is 22.8 Å². The number of amides is 1. The zero-order chi connectivity index (χ0) is 22.6. The summed E-state index contributed by atoms with van der Waals surface area (Å²) >= 11 is 6.29. The van der Waals surface area contributed by atoms with Crippen molar-refractivity contribution < 1.29 is 32.6 Å². The average molecular weight is 468 g/mol. The lowest BCUT2D eigenvalue weighted by molar-refractivity contribution is -0.138. The van der Waals surface area contributed by atoms with Crippen molar-refractivity contribution in [2.75, 3.05) is 6.54 Å². The summed E-state index contributed by atoms with van der Waals surface area (Å²) in [6.07, 6.45) is -1.25. The number of carbonyl (C=O) groups is 2. The topological polar surface area (TPSA) is 79.7 Å². The minimum absolute atomic E-state index is 0.00249. The van der Waals surface area contributed by atoms with Gasteiger partial charge in [-0.15, -0.1) is 0 Å². The van der Waals surface area contributed by atoms with E-state index in [1.807, 2.05) is 0 Å². The number of aliphatic carboxylic acids is 1. The van der Waals surface area contributed by atoms with Crippen LogP contribution >= 0.6 is 24.0 Å². The molecule has 0 bridgehead atoms. The van der Waals surface area contributed by atoms with Gasteiger partial charge in [0.05, 0.1) is 10.5 Å². The molecule has 2 aromatic rings. The van der Waals surface area contributed by atoms with E-state index in [1.54, 1.807) is 12.1 Å². The Morgan fingerprint density at radius 2 is 2.06 bits per heavy atom. The molecule has 1 aliphatic heterocycles. The number of halogens is 3. The summed E-state index contributed by atoms with van der Waals surface area (Å²) in [5.74, 6) is -1.17. The van der Waals surface area contributed by atoms with Crippen LogP contribution in [0.15, 0.2) is 47.5 Å². The average Bonchev–Trinajstić information content (AvgIpc) is 2.96. The van der Waals surface area contributed by atoms with Crippen LogP contribution in [0, 0.1) is 0 Å². The number of rotatable bonds is 7. The van der Waals surface area contributed by atoms with Crippen molar-refractivity contribution in [2.45, 2.75) is 19.0 Å². The van der Waals surface area contributed by atoms with Gasteiger partial charge >= 0.3 is 12.1 Å². The third-order valence-corrected chi connectivity index (χ3v) is 5.46. The number of hydrogen-bond donors (Lipinski definition) is 1. The Morgan fingerprint density at radius 3 is 2.71 bits per heavy atom. The monoisotopic (exact) mass is 468 g/mol. The largest absolute Gasteiger partial charge is 0.481 e. The molecule has 0 spiro atoms. The lowest BCUT2D eigenvalue weighted by atomic mass is 10.2. The molecular formula is C20H15F3N2O4S2. The Labute approximate surface area is 184 Å². The van der Waals surface area contributed by atoms with E-state index in [4.69, 9.17) is 22.1 Å². The maximum atomic E-state index is 12.8. The number of benzene rings is 1. The second kappa shape index (κ2) is 9.48. The number of aromatic nitrogens is 1. The first-order valence-electron chi connectivity index (χ1n) is 8.92. The van der Waals surface area contributed by atoms with Gasteiger partial charge in [0.15, 0.2) is 0 Å². The molecule has 1 aromatic heterocycles. The summed E-state index contributed by atoms with van der Waals surface area (Å²) < 4.78 is 44.1. The molecule has 0 aliphatic carbocycles. The van der Waals surface area contributed by atoms with Crippen molar-refractivity contribution in [3.63, 3.8) is 0 Å². The highest BCUT2D eigenvalue weighted by atomic mass is 32.2. The highest BCUT2D eigenvalue weighted by Crippen LogP contribution is 2.34. The van der Waals surface area contributed by atoms with Gasteiger partial charge in [0, 0.05) is 25.2 Å². The minimum Gasteiger partial charge on any atom is -0.481 e. The number of carboxylic acids is 1. The normalized spacial score (nSPS) is 15.6. The van der Waals surface area contributed by atoms with Crippen LogP contribution in [0.3, 0.4) is 0 Å². The van der Waals surface area contributed by atoms with E-state index in [1.165, 1.54) is 29.3 Å². The predicted molar refractivity (Wildman–Crippen MR) is 113 cm³/mol. The fourth-order valence-electron chi connectivity index (χ4n) is 2.63. The molecule has 1 aromatic carbocycles. The Balaban J connectivity index is 1.66. The van der Waals surface area contributed by atoms with Gasteiger partial charge in [-0.05, 0) is 42.3 Å². The molecule has 6 nitrogen and oxygen atoms in total. The van der Waals surface area contributed by atoms with E-state index in [0.29, 0.717) is 14.8 Å². The number of thioether (sulfide) groups is 1. The summed E-state index contributed by atoms with van der Waals surface area (Å²) in [5.41, 5.74) is -0.255. The fraction of sp³-hybridized carbons (Fsp3) is 0.200. The molecule has 1 amide bonds. The third kappa shape index (κ3) is 6.05. The lowest BCUT2D eigenvalue weighted by Gasteiger charge is -2.13. The van der Waals surface area contributed by atoms with Crippen LogP contribution in [-0.2, 0) is 15.8 Å². The van der Waals surface area contributed by atoms with Crippen LogP contribution < -0.4 is 4.74 Å². The Kier molecular flexibility index (Phi) is 6.96. The summed E-state index contributed by atoms with van der Waals surface area (Å²) in [5, 5.41) is 8.71. The maximum absolute atomic E-state index is 12.8. The van der Waals surface area contributed by atoms with Crippen LogP contribution in [0.1, 0.15) is 24.0 Å². The first-order valence-corrected chi connectivity index (χ1v) is 10.1. The second-order valence-corrected chi connectivity index (χ2v) is 8.06. The number of pyridine rings is 1. The number of nitrogens with zero attached hydrogens (tertiary/aromatic N) is 2. The van der Waals surface area contributed by atoms with Gasteiger partial charge in [-0.1, -0.05) is 30.0 Å². The molecule has 0 saturated carbocycles. The van der Waals surface area contributed by atoms with Gasteiger partial charge < -0.3 is 9.84 Å². The summed E-state index contributed by atoms with van der Waals surface area (Å²) in [4.78, 5) is 28.9. The number of carbonyl (C=O) groups excluding carboxylic acids is 1. The molecule has 11 heteroatoms. The van der Waals surface area contributed by atoms with Crippen LogP contribution in [0.2, 0.25) is 0 Å². The zero-order valence-corrected chi connectivity index (χ0v) is 17.4. The molecule has 1 aliphatic rings. The SMILES string of the molecule is O=C(O)CCCN1C(=O)C(=Cc2ccc(Oc3cccc(C(F)(F)F)c3)nc2)SC1=S. The van der Waals surface area contributed by atoms with Gasteiger partial charge in [0.2, 0.25) is 5.88 Å². The Hall–Kier alpha value is -2.92. The first-order chi connectivity index (χ1) is 14.6. The van der Waals surface area contributed by atoms with E-state index < -0.39 is 17.7 Å². The van der Waals surface area contributed by atoms with Gasteiger partial charge in [-0.3, -0.25) is 14.5 Å². The van der Waals surface area contributed by atoms with Gasteiger partial charge in [-0.25, -0.2) is 4.98 Å². The van der Waals surface area contributed by atoms with Crippen molar-refractivity contribution >= 4 is 46.3 Å². The van der Waals surface area contributed by atoms with Crippen LogP contribution in [0.4, 0.5) is 13.2 Å². The van der Waals surface area contributed by atoms with Gasteiger partial charge in [0.1, 0.15) is 10.1 Å². The Morgan fingerprint density at radius 1 is 1.29 bits per heavy atom. The van der Waals surface area contributed by atoms with Crippen molar-refractivity contribution in [2.24, 2.45) is 0 Å². The van der Waals surface area contributed by atoms with E-state index >= 15 is 0 Å². The number of thiocarbonyl (C=S) groups is 1. The number of carboxylic acid groups (broad SMARTS) is 1. The first kappa shape index (κ1) is 22.8. The van der Waals surface area contributed by atoms with Crippen molar-refractivity contribution in [1.82, 2.24) is 9.88 Å². The summed E-state index contributed by atoms with van der Waals surface area (Å²) in [6.45, 7) is 0.219. The number of ether oxygens (including phenoxy) is 1. The molecule has 1 N–H and O–H groups in total. The summed E-state index contributed by atoms with van der Waals surface area (Å²) in [6, 6.07) is 7.53. The molecule has 0 unspecified atom stereocenters. The fourth-order valence-corrected chi connectivity index (χ4v) is 3.94. The molecular weight excluding hydrogens is 453 g/mol. The molecule has 0 radical (unpaired) electrons. The van der Waals surface area contributed by atoms with E-state index in [0.717, 1.165) is 23.9 Å². The quantitative estimate of drug-likeness (QED) is 0.455. The highest BCUT2D eigenvalue weighted by Gasteiger charge is 2.32. The third-order valence-electron chi connectivity index (χ3n) is 4.09.